The summed E-state index contributed by atoms with van der Waals surface area (Å²) in [6.45, 7) is 5.81. The molecular weight excluding hydrogens is 410 g/mol. The van der Waals surface area contributed by atoms with Gasteiger partial charge in [0, 0.05) is 38.6 Å². The van der Waals surface area contributed by atoms with E-state index in [-0.39, 0.29) is 17.7 Å². The highest BCUT2D eigenvalue weighted by Gasteiger charge is 2.31. The van der Waals surface area contributed by atoms with Crippen molar-refractivity contribution in [2.75, 3.05) is 26.2 Å². The Morgan fingerprint density at radius 2 is 1.64 bits per heavy atom. The number of benzene rings is 2. The fourth-order valence-electron chi connectivity index (χ4n) is 4.31. The number of nitrogens with zero attached hydrogens (tertiary/aromatic N) is 3. The normalized spacial score (nSPS) is 16.4. The molecule has 1 aliphatic heterocycles. The number of pyridine rings is 1. The van der Waals surface area contributed by atoms with Crippen LogP contribution >= 0.6 is 0 Å². The summed E-state index contributed by atoms with van der Waals surface area (Å²) in [6.07, 6.45) is 6.26. The van der Waals surface area contributed by atoms with E-state index in [1.165, 1.54) is 0 Å². The Morgan fingerprint density at radius 3 is 2.33 bits per heavy atom. The Labute approximate surface area is 195 Å². The van der Waals surface area contributed by atoms with Crippen LogP contribution in [-0.2, 0) is 22.4 Å². The van der Waals surface area contributed by atoms with Gasteiger partial charge in [0.2, 0.25) is 11.8 Å². The van der Waals surface area contributed by atoms with E-state index in [0.717, 1.165) is 22.3 Å². The summed E-state index contributed by atoms with van der Waals surface area (Å²) in [5, 5.41) is 0. The van der Waals surface area contributed by atoms with Crippen LogP contribution in [0.2, 0.25) is 0 Å². The largest absolute Gasteiger partial charge is 0.340 e. The summed E-state index contributed by atoms with van der Waals surface area (Å²) < 4.78 is 0. The number of hydrogen-bond acceptors (Lipinski definition) is 3. The molecule has 5 nitrogen and oxygen atoms in total. The fourth-order valence-corrected chi connectivity index (χ4v) is 4.31. The number of aromatic nitrogens is 1. The molecule has 1 aliphatic rings. The van der Waals surface area contributed by atoms with Crippen molar-refractivity contribution in [2.24, 2.45) is 5.92 Å². The van der Waals surface area contributed by atoms with Gasteiger partial charge in [-0.15, -0.1) is 6.58 Å². The number of hydrogen-bond donors (Lipinski definition) is 0. The van der Waals surface area contributed by atoms with Gasteiger partial charge in [-0.1, -0.05) is 60.7 Å². The molecule has 0 unspecified atom stereocenters. The van der Waals surface area contributed by atoms with Gasteiger partial charge in [-0.25, -0.2) is 0 Å². The van der Waals surface area contributed by atoms with Crippen LogP contribution in [0.25, 0.3) is 11.1 Å². The first-order chi connectivity index (χ1) is 16.1. The molecule has 0 aliphatic carbocycles. The van der Waals surface area contributed by atoms with Gasteiger partial charge in [-0.3, -0.25) is 14.6 Å². The molecule has 0 N–H and O–H groups in total. The third-order valence-corrected chi connectivity index (χ3v) is 6.09. The van der Waals surface area contributed by atoms with Crippen molar-refractivity contribution in [3.8, 4) is 11.1 Å². The lowest BCUT2D eigenvalue weighted by Crippen LogP contribution is -2.38. The van der Waals surface area contributed by atoms with Crippen molar-refractivity contribution >= 4 is 11.8 Å². The minimum absolute atomic E-state index is 0.0625. The molecule has 0 radical (unpaired) electrons. The van der Waals surface area contributed by atoms with Crippen molar-refractivity contribution in [2.45, 2.75) is 12.8 Å². The molecule has 1 aromatic heterocycles. The van der Waals surface area contributed by atoms with Gasteiger partial charge in [-0.2, -0.15) is 0 Å². The van der Waals surface area contributed by atoms with Gasteiger partial charge in [0.15, 0.2) is 0 Å². The van der Waals surface area contributed by atoms with Crippen LogP contribution in [0, 0.1) is 5.92 Å². The molecule has 1 atom stereocenters. The number of carbonyl (C=O) groups excluding carboxylic acids is 2. The smallest absolute Gasteiger partial charge is 0.228 e. The minimum atomic E-state index is -0.279. The Morgan fingerprint density at radius 1 is 0.939 bits per heavy atom. The first-order valence-corrected chi connectivity index (χ1v) is 11.3. The molecule has 2 aromatic carbocycles. The summed E-state index contributed by atoms with van der Waals surface area (Å²) in [4.78, 5) is 34.1. The first kappa shape index (κ1) is 22.5. The maximum absolute atomic E-state index is 13.3. The maximum Gasteiger partial charge on any atom is 0.228 e. The van der Waals surface area contributed by atoms with E-state index in [9.17, 15) is 9.59 Å². The molecule has 0 spiro atoms. The van der Waals surface area contributed by atoms with Crippen LogP contribution < -0.4 is 0 Å². The maximum atomic E-state index is 13.3. The van der Waals surface area contributed by atoms with E-state index in [2.05, 4.69) is 35.8 Å². The second-order valence-electron chi connectivity index (χ2n) is 8.41. The summed E-state index contributed by atoms with van der Waals surface area (Å²) in [7, 11) is 0. The molecule has 2 heterocycles. The third kappa shape index (κ3) is 5.75. The highest BCUT2D eigenvalue weighted by Crippen LogP contribution is 2.22. The summed E-state index contributed by atoms with van der Waals surface area (Å²) in [5.74, 6) is -0.130. The lowest BCUT2D eigenvalue weighted by atomic mass is 9.95. The van der Waals surface area contributed by atoms with Gasteiger partial charge in [0.1, 0.15) is 0 Å². The summed E-state index contributed by atoms with van der Waals surface area (Å²) in [5.41, 5.74) is 4.30. The second kappa shape index (κ2) is 10.7. The first-order valence-electron chi connectivity index (χ1n) is 11.3. The number of rotatable bonds is 7. The van der Waals surface area contributed by atoms with E-state index in [1.54, 1.807) is 18.5 Å². The molecule has 168 valence electrons. The van der Waals surface area contributed by atoms with Crippen LogP contribution in [-0.4, -0.2) is 52.8 Å². The zero-order chi connectivity index (χ0) is 23.0. The average molecular weight is 440 g/mol. The molecule has 1 fully saturated rings. The molecule has 1 saturated heterocycles. The minimum Gasteiger partial charge on any atom is -0.340 e. The standard InChI is InChI=1S/C28H29N3O2/c1-2-16-30-17-18-31(27(32)20-22-6-4-3-5-7-22)21-26(28(30)33)19-23-8-10-24(11-9-23)25-12-14-29-15-13-25/h2-15,26H,1,16-21H2/t26-/m1/s1. The molecular formula is C28H29N3O2. The van der Waals surface area contributed by atoms with E-state index >= 15 is 0 Å². The van der Waals surface area contributed by atoms with E-state index < -0.39 is 0 Å². The average Bonchev–Trinajstić information content (AvgIpc) is 3.00. The van der Waals surface area contributed by atoms with Gasteiger partial charge >= 0.3 is 0 Å². The Balaban J connectivity index is 1.50. The third-order valence-electron chi connectivity index (χ3n) is 6.09. The molecule has 4 rings (SSSR count). The van der Waals surface area contributed by atoms with Crippen molar-refractivity contribution < 1.29 is 9.59 Å². The van der Waals surface area contributed by atoms with E-state index in [4.69, 9.17) is 0 Å². The highest BCUT2D eigenvalue weighted by molar-refractivity contribution is 5.83. The van der Waals surface area contributed by atoms with Gasteiger partial charge < -0.3 is 9.80 Å². The lowest BCUT2D eigenvalue weighted by Gasteiger charge is -2.24. The lowest BCUT2D eigenvalue weighted by molar-refractivity contribution is -0.134. The van der Waals surface area contributed by atoms with Crippen molar-refractivity contribution in [1.82, 2.24) is 14.8 Å². The monoisotopic (exact) mass is 439 g/mol. The van der Waals surface area contributed by atoms with Crippen LogP contribution in [0.4, 0.5) is 0 Å². The zero-order valence-electron chi connectivity index (χ0n) is 18.8. The fraction of sp³-hybridized carbons (Fsp3) is 0.250. The quantitative estimate of drug-likeness (QED) is 0.523. The molecule has 33 heavy (non-hydrogen) atoms. The molecule has 3 aromatic rings. The van der Waals surface area contributed by atoms with E-state index in [1.807, 2.05) is 52.3 Å². The van der Waals surface area contributed by atoms with Gasteiger partial charge in [0.25, 0.3) is 0 Å². The van der Waals surface area contributed by atoms with Crippen LogP contribution in [0.5, 0.6) is 0 Å². The summed E-state index contributed by atoms with van der Waals surface area (Å²) in [6, 6.07) is 22.0. The number of carbonyl (C=O) groups is 2. The predicted molar refractivity (Wildman–Crippen MR) is 130 cm³/mol. The van der Waals surface area contributed by atoms with E-state index in [0.29, 0.717) is 39.0 Å². The SMILES string of the molecule is C=CCN1CCN(C(=O)Cc2ccccc2)C[C@@H](Cc2ccc(-c3ccncc3)cc2)C1=O. The molecule has 0 saturated carbocycles. The van der Waals surface area contributed by atoms with Crippen molar-refractivity contribution in [3.63, 3.8) is 0 Å². The summed E-state index contributed by atoms with van der Waals surface area (Å²) >= 11 is 0. The molecule has 5 heteroatoms. The second-order valence-corrected chi connectivity index (χ2v) is 8.41. The Hall–Kier alpha value is -3.73. The van der Waals surface area contributed by atoms with Crippen LogP contribution in [0.1, 0.15) is 11.1 Å². The van der Waals surface area contributed by atoms with Crippen molar-refractivity contribution in [3.05, 3.63) is 103 Å². The van der Waals surface area contributed by atoms with Crippen LogP contribution in [0.3, 0.4) is 0 Å². The van der Waals surface area contributed by atoms with Crippen molar-refractivity contribution in [1.29, 1.82) is 0 Å². The molecule has 2 amide bonds. The topological polar surface area (TPSA) is 53.5 Å². The molecule has 0 bridgehead atoms. The van der Waals surface area contributed by atoms with Gasteiger partial charge in [0.05, 0.1) is 12.3 Å². The zero-order valence-corrected chi connectivity index (χ0v) is 18.8. The van der Waals surface area contributed by atoms with Gasteiger partial charge in [-0.05, 0) is 40.8 Å². The van der Waals surface area contributed by atoms with Crippen LogP contribution in [0.15, 0.2) is 91.8 Å². The predicted octanol–water partition coefficient (Wildman–Crippen LogP) is 4.01. The Kier molecular flexibility index (Phi) is 7.30. The highest BCUT2D eigenvalue weighted by atomic mass is 16.2. The Bertz CT molecular complexity index is 1080. The number of amides is 2.